The second-order valence-corrected chi connectivity index (χ2v) is 5.63. The van der Waals surface area contributed by atoms with Crippen molar-refractivity contribution in [2.45, 2.75) is 20.3 Å². The molecule has 12 heavy (non-hydrogen) atoms. The standard InChI is InChI=1S/C7H18N2O2S/c1-7(2,4-5-8)6-9-12(3,10)11/h9H,4-6,8H2,1-3H3. The van der Waals surface area contributed by atoms with E-state index in [2.05, 4.69) is 4.72 Å². The molecule has 0 spiro atoms. The van der Waals surface area contributed by atoms with Crippen molar-refractivity contribution >= 4 is 10.0 Å². The second kappa shape index (κ2) is 4.20. The first-order valence-corrected chi connectivity index (χ1v) is 5.81. The molecule has 0 amide bonds. The van der Waals surface area contributed by atoms with Crippen molar-refractivity contribution < 1.29 is 8.42 Å². The van der Waals surface area contributed by atoms with Crippen LogP contribution in [0, 0.1) is 5.41 Å². The van der Waals surface area contributed by atoms with Crippen LogP contribution in [0.1, 0.15) is 20.3 Å². The van der Waals surface area contributed by atoms with Gasteiger partial charge in [-0.3, -0.25) is 0 Å². The largest absolute Gasteiger partial charge is 0.330 e. The maximum Gasteiger partial charge on any atom is 0.208 e. The zero-order valence-corrected chi connectivity index (χ0v) is 8.74. The number of nitrogens with two attached hydrogens (primary N) is 1. The van der Waals surface area contributed by atoms with Crippen molar-refractivity contribution in [2.24, 2.45) is 11.1 Å². The van der Waals surface area contributed by atoms with Crippen molar-refractivity contribution in [2.75, 3.05) is 19.3 Å². The fourth-order valence-corrected chi connectivity index (χ4v) is 1.46. The summed E-state index contributed by atoms with van der Waals surface area (Å²) >= 11 is 0. The molecule has 0 aliphatic carbocycles. The van der Waals surface area contributed by atoms with Crippen molar-refractivity contribution in [1.82, 2.24) is 4.72 Å². The number of hydrogen-bond donors (Lipinski definition) is 2. The van der Waals surface area contributed by atoms with Crippen LogP contribution in [-0.4, -0.2) is 27.8 Å². The number of rotatable bonds is 5. The van der Waals surface area contributed by atoms with Crippen LogP contribution in [0.4, 0.5) is 0 Å². The Morgan fingerprint density at radius 1 is 1.42 bits per heavy atom. The molecule has 0 unspecified atom stereocenters. The molecule has 0 aromatic rings. The lowest BCUT2D eigenvalue weighted by molar-refractivity contribution is 0.340. The Kier molecular flexibility index (Phi) is 4.16. The molecule has 0 aromatic carbocycles. The van der Waals surface area contributed by atoms with Crippen molar-refractivity contribution in [3.63, 3.8) is 0 Å². The summed E-state index contributed by atoms with van der Waals surface area (Å²) in [6.07, 6.45) is 1.97. The van der Waals surface area contributed by atoms with Gasteiger partial charge in [-0.25, -0.2) is 13.1 Å². The lowest BCUT2D eigenvalue weighted by Crippen LogP contribution is -2.34. The van der Waals surface area contributed by atoms with E-state index in [1.807, 2.05) is 13.8 Å². The molecule has 0 atom stereocenters. The predicted molar refractivity (Wildman–Crippen MR) is 50.3 cm³/mol. The van der Waals surface area contributed by atoms with E-state index in [0.29, 0.717) is 13.1 Å². The highest BCUT2D eigenvalue weighted by atomic mass is 32.2. The average Bonchev–Trinajstić information content (AvgIpc) is 1.83. The molecule has 0 aliphatic rings. The second-order valence-electron chi connectivity index (χ2n) is 3.80. The molecular formula is C7H18N2O2S. The third kappa shape index (κ3) is 6.57. The van der Waals surface area contributed by atoms with Gasteiger partial charge in [-0.2, -0.15) is 0 Å². The van der Waals surface area contributed by atoms with E-state index >= 15 is 0 Å². The molecule has 0 heterocycles. The molecule has 0 fully saturated rings. The molecule has 0 rings (SSSR count). The molecule has 4 nitrogen and oxygen atoms in total. The van der Waals surface area contributed by atoms with Crippen LogP contribution in [0.2, 0.25) is 0 Å². The lowest BCUT2D eigenvalue weighted by atomic mass is 9.90. The highest BCUT2D eigenvalue weighted by molar-refractivity contribution is 7.88. The molecule has 74 valence electrons. The minimum atomic E-state index is -3.07. The van der Waals surface area contributed by atoms with Gasteiger partial charge in [0, 0.05) is 6.54 Å². The predicted octanol–water partition coefficient (Wildman–Crippen LogP) is -0.0894. The van der Waals surface area contributed by atoms with Gasteiger partial charge in [0.05, 0.1) is 6.26 Å². The third-order valence-corrected chi connectivity index (χ3v) is 2.30. The molecule has 0 saturated heterocycles. The fourth-order valence-electron chi connectivity index (χ4n) is 0.806. The third-order valence-electron chi connectivity index (χ3n) is 1.63. The molecule has 0 aromatic heterocycles. The summed E-state index contributed by atoms with van der Waals surface area (Å²) in [6, 6.07) is 0. The molecule has 0 radical (unpaired) electrons. The van der Waals surface area contributed by atoms with Gasteiger partial charge in [0.25, 0.3) is 0 Å². The first-order valence-electron chi connectivity index (χ1n) is 3.91. The maximum absolute atomic E-state index is 10.7. The highest BCUT2D eigenvalue weighted by Gasteiger charge is 2.18. The highest BCUT2D eigenvalue weighted by Crippen LogP contribution is 2.17. The van der Waals surface area contributed by atoms with Crippen molar-refractivity contribution in [1.29, 1.82) is 0 Å². The van der Waals surface area contributed by atoms with Gasteiger partial charge in [-0.15, -0.1) is 0 Å². The van der Waals surface area contributed by atoms with Crippen LogP contribution >= 0.6 is 0 Å². The summed E-state index contributed by atoms with van der Waals surface area (Å²) in [5.41, 5.74) is 5.32. The SMILES string of the molecule is CC(C)(CCN)CNS(C)(=O)=O. The van der Waals surface area contributed by atoms with Crippen LogP contribution in [-0.2, 0) is 10.0 Å². The Morgan fingerprint density at radius 3 is 2.25 bits per heavy atom. The Hall–Kier alpha value is -0.130. The first kappa shape index (κ1) is 11.9. The number of nitrogens with one attached hydrogen (secondary N) is 1. The van der Waals surface area contributed by atoms with Gasteiger partial charge in [-0.1, -0.05) is 13.8 Å². The molecule has 0 bridgehead atoms. The molecule has 0 aliphatic heterocycles. The van der Waals surface area contributed by atoms with Gasteiger partial charge in [0.15, 0.2) is 0 Å². The van der Waals surface area contributed by atoms with E-state index in [4.69, 9.17) is 5.73 Å². The smallest absolute Gasteiger partial charge is 0.208 e. The van der Waals surface area contributed by atoms with E-state index in [-0.39, 0.29) is 5.41 Å². The van der Waals surface area contributed by atoms with Crippen molar-refractivity contribution in [3.8, 4) is 0 Å². The Bertz CT molecular complexity index is 222. The molecule has 0 saturated carbocycles. The normalized spacial score (nSPS) is 13.3. The number of hydrogen-bond acceptors (Lipinski definition) is 3. The zero-order chi connectivity index (χ0) is 9.83. The van der Waals surface area contributed by atoms with Crippen LogP contribution in [0.5, 0.6) is 0 Å². The summed E-state index contributed by atoms with van der Waals surface area (Å²) in [6.45, 7) is 5.00. The Labute approximate surface area is 74.6 Å². The fraction of sp³-hybridized carbons (Fsp3) is 1.00. The molecular weight excluding hydrogens is 176 g/mol. The zero-order valence-electron chi connectivity index (χ0n) is 7.92. The lowest BCUT2D eigenvalue weighted by Gasteiger charge is -2.23. The van der Waals surface area contributed by atoms with Gasteiger partial charge in [0.2, 0.25) is 10.0 Å². The summed E-state index contributed by atoms with van der Waals surface area (Å²) in [5, 5.41) is 0. The van der Waals surface area contributed by atoms with Crippen LogP contribution in [0.25, 0.3) is 0 Å². The van der Waals surface area contributed by atoms with Crippen LogP contribution in [0.3, 0.4) is 0 Å². The summed E-state index contributed by atoms with van der Waals surface area (Å²) in [5.74, 6) is 0. The maximum atomic E-state index is 10.7. The monoisotopic (exact) mass is 194 g/mol. The van der Waals surface area contributed by atoms with E-state index in [0.717, 1.165) is 12.7 Å². The number of sulfonamides is 1. The summed E-state index contributed by atoms with van der Waals surface area (Å²) in [4.78, 5) is 0. The van der Waals surface area contributed by atoms with E-state index < -0.39 is 10.0 Å². The molecule has 5 heteroatoms. The van der Waals surface area contributed by atoms with E-state index in [1.165, 1.54) is 0 Å². The van der Waals surface area contributed by atoms with Crippen molar-refractivity contribution in [3.05, 3.63) is 0 Å². The summed E-state index contributed by atoms with van der Waals surface area (Å²) < 4.78 is 23.9. The van der Waals surface area contributed by atoms with Gasteiger partial charge in [-0.05, 0) is 18.4 Å². The average molecular weight is 194 g/mol. The minimum absolute atomic E-state index is 0.0577. The minimum Gasteiger partial charge on any atom is -0.330 e. The Balaban J connectivity index is 3.92. The topological polar surface area (TPSA) is 72.2 Å². The van der Waals surface area contributed by atoms with E-state index in [1.54, 1.807) is 0 Å². The first-order chi connectivity index (χ1) is 5.27. The molecule has 3 N–H and O–H groups in total. The Morgan fingerprint density at radius 2 is 1.92 bits per heavy atom. The van der Waals surface area contributed by atoms with Gasteiger partial charge < -0.3 is 5.73 Å². The summed E-state index contributed by atoms with van der Waals surface area (Å²) in [7, 11) is -3.07. The van der Waals surface area contributed by atoms with E-state index in [9.17, 15) is 8.42 Å². The quantitative estimate of drug-likeness (QED) is 0.642. The van der Waals surface area contributed by atoms with Crippen LogP contribution < -0.4 is 10.5 Å². The van der Waals surface area contributed by atoms with Crippen LogP contribution in [0.15, 0.2) is 0 Å². The van der Waals surface area contributed by atoms with Gasteiger partial charge >= 0.3 is 0 Å². The van der Waals surface area contributed by atoms with Gasteiger partial charge in [0.1, 0.15) is 0 Å².